The first-order valence-electron chi connectivity index (χ1n) is 10.4. The molecule has 2 heterocycles. The van der Waals surface area contributed by atoms with Gasteiger partial charge in [0.15, 0.2) is 11.4 Å². The Kier molecular flexibility index (Phi) is 7.75. The molecule has 1 aliphatic rings. The highest BCUT2D eigenvalue weighted by atomic mass is 19.4. The highest BCUT2D eigenvalue weighted by Gasteiger charge is 2.35. The maximum absolute atomic E-state index is 13.5. The Morgan fingerprint density at radius 2 is 2.06 bits per heavy atom. The van der Waals surface area contributed by atoms with E-state index in [0.29, 0.717) is 26.3 Å². The van der Waals surface area contributed by atoms with Crippen molar-refractivity contribution in [1.82, 2.24) is 14.9 Å². The lowest BCUT2D eigenvalue weighted by Crippen LogP contribution is -2.52. The molecule has 0 aliphatic carbocycles. The molecule has 13 heteroatoms. The summed E-state index contributed by atoms with van der Waals surface area (Å²) in [5, 5.41) is 9.84. The van der Waals surface area contributed by atoms with Gasteiger partial charge in [0.2, 0.25) is 17.7 Å². The number of alkyl halides is 3. The van der Waals surface area contributed by atoms with Crippen LogP contribution in [0.15, 0.2) is 24.3 Å². The van der Waals surface area contributed by atoms with E-state index < -0.39 is 23.7 Å². The lowest BCUT2D eigenvalue weighted by atomic mass is 10.1. The van der Waals surface area contributed by atoms with E-state index >= 15 is 0 Å². The molecule has 1 aromatic heterocycles. The Morgan fingerprint density at radius 3 is 2.65 bits per heavy atom. The van der Waals surface area contributed by atoms with Gasteiger partial charge in [-0.1, -0.05) is 6.07 Å². The van der Waals surface area contributed by atoms with Gasteiger partial charge in [-0.3, -0.25) is 9.69 Å². The van der Waals surface area contributed by atoms with Gasteiger partial charge in [0.05, 0.1) is 25.4 Å². The molecule has 1 fully saturated rings. The third kappa shape index (κ3) is 5.64. The molecule has 34 heavy (non-hydrogen) atoms. The highest BCUT2D eigenvalue weighted by Crippen LogP contribution is 2.37. The van der Waals surface area contributed by atoms with Gasteiger partial charge in [0.1, 0.15) is 12.1 Å². The average molecular weight is 479 g/mol. The number of nitrogens with two attached hydrogens (primary N) is 2. The molecule has 1 atom stereocenters. The fourth-order valence-electron chi connectivity index (χ4n) is 3.57. The zero-order chi connectivity index (χ0) is 24.9. The highest BCUT2D eigenvalue weighted by molar-refractivity contribution is 5.88. The second-order valence-corrected chi connectivity index (χ2v) is 7.38. The summed E-state index contributed by atoms with van der Waals surface area (Å²) in [6, 6.07) is 5.03. The SMILES string of the molecule is CCOc1nc(N)nc(N(c2cccc(C(F)(F)F)c2)[C@@H](CN2CCOCC2)C(N)=O)c1C#N. The predicted molar refractivity (Wildman–Crippen MR) is 116 cm³/mol. The molecule has 10 nitrogen and oxygen atoms in total. The number of ether oxygens (including phenoxy) is 2. The summed E-state index contributed by atoms with van der Waals surface area (Å²) in [6.45, 7) is 3.67. The summed E-state index contributed by atoms with van der Waals surface area (Å²) >= 11 is 0. The smallest absolute Gasteiger partial charge is 0.416 e. The number of carbonyl (C=O) groups excluding carboxylic acids is 1. The minimum atomic E-state index is -4.65. The van der Waals surface area contributed by atoms with Crippen LogP contribution in [0, 0.1) is 11.3 Å². The quantitative estimate of drug-likeness (QED) is 0.578. The summed E-state index contributed by atoms with van der Waals surface area (Å²) in [4.78, 5) is 23.8. The van der Waals surface area contributed by atoms with Crippen LogP contribution in [-0.4, -0.2) is 66.3 Å². The maximum Gasteiger partial charge on any atom is 0.416 e. The van der Waals surface area contributed by atoms with E-state index in [-0.39, 0.29) is 42.0 Å². The van der Waals surface area contributed by atoms with E-state index in [1.54, 1.807) is 6.92 Å². The Morgan fingerprint density at radius 1 is 1.35 bits per heavy atom. The first-order valence-corrected chi connectivity index (χ1v) is 10.4. The number of carbonyl (C=O) groups is 1. The number of halogens is 3. The van der Waals surface area contributed by atoms with E-state index in [1.807, 2.05) is 11.0 Å². The largest absolute Gasteiger partial charge is 0.477 e. The Bertz CT molecular complexity index is 1070. The van der Waals surface area contributed by atoms with Crippen molar-refractivity contribution in [3.8, 4) is 11.9 Å². The van der Waals surface area contributed by atoms with Crippen molar-refractivity contribution < 1.29 is 27.4 Å². The Balaban J connectivity index is 2.22. The molecule has 0 unspecified atom stereocenters. The number of primary amides is 1. The van der Waals surface area contributed by atoms with Crippen LogP contribution < -0.4 is 21.1 Å². The monoisotopic (exact) mass is 479 g/mol. The van der Waals surface area contributed by atoms with Crippen molar-refractivity contribution in [2.45, 2.75) is 19.1 Å². The predicted octanol–water partition coefficient (Wildman–Crippen LogP) is 1.67. The van der Waals surface area contributed by atoms with E-state index in [4.69, 9.17) is 20.9 Å². The third-order valence-electron chi connectivity index (χ3n) is 5.12. The van der Waals surface area contributed by atoms with Gasteiger partial charge < -0.3 is 25.8 Å². The minimum Gasteiger partial charge on any atom is -0.477 e. The number of anilines is 3. The molecule has 1 aliphatic heterocycles. The van der Waals surface area contributed by atoms with E-state index in [1.165, 1.54) is 17.0 Å². The molecule has 1 amide bonds. The number of hydrogen-bond donors (Lipinski definition) is 2. The Hall–Kier alpha value is -3.63. The van der Waals surface area contributed by atoms with Crippen molar-refractivity contribution in [2.75, 3.05) is 50.1 Å². The number of morpholine rings is 1. The molecule has 1 saturated heterocycles. The Labute approximate surface area is 193 Å². The molecule has 4 N–H and O–H groups in total. The number of aromatic nitrogens is 2. The lowest BCUT2D eigenvalue weighted by Gasteiger charge is -2.36. The molecule has 0 spiro atoms. The maximum atomic E-state index is 13.5. The number of nitrogens with zero attached hydrogens (tertiary/aromatic N) is 5. The molecule has 1 aromatic carbocycles. The molecule has 182 valence electrons. The van der Waals surface area contributed by atoms with Crippen LogP contribution in [0.4, 0.5) is 30.6 Å². The lowest BCUT2D eigenvalue weighted by molar-refractivity contribution is -0.137. The zero-order valence-electron chi connectivity index (χ0n) is 18.4. The van der Waals surface area contributed by atoms with Gasteiger partial charge in [-0.05, 0) is 25.1 Å². The number of hydrogen-bond acceptors (Lipinski definition) is 9. The second kappa shape index (κ2) is 10.5. The van der Waals surface area contributed by atoms with E-state index in [0.717, 1.165) is 12.1 Å². The minimum absolute atomic E-state index is 0.0493. The summed E-state index contributed by atoms with van der Waals surface area (Å²) in [5.74, 6) is -1.46. The van der Waals surface area contributed by atoms with Crippen molar-refractivity contribution in [2.24, 2.45) is 5.73 Å². The average Bonchev–Trinajstić information content (AvgIpc) is 2.79. The first-order chi connectivity index (χ1) is 16.2. The second-order valence-electron chi connectivity index (χ2n) is 7.38. The van der Waals surface area contributed by atoms with Crippen LogP contribution in [0.3, 0.4) is 0 Å². The van der Waals surface area contributed by atoms with Crippen LogP contribution >= 0.6 is 0 Å². The number of amides is 1. The third-order valence-corrected chi connectivity index (χ3v) is 5.12. The molecule has 0 bridgehead atoms. The van der Waals surface area contributed by atoms with Gasteiger partial charge >= 0.3 is 6.18 Å². The van der Waals surface area contributed by atoms with E-state index in [9.17, 15) is 23.2 Å². The molecule has 0 radical (unpaired) electrons. The summed E-state index contributed by atoms with van der Waals surface area (Å²) < 4.78 is 51.2. The number of benzene rings is 1. The normalized spacial score (nSPS) is 15.4. The van der Waals surface area contributed by atoms with Gasteiger partial charge in [-0.25, -0.2) is 0 Å². The van der Waals surface area contributed by atoms with Gasteiger partial charge in [-0.15, -0.1) is 0 Å². The van der Waals surface area contributed by atoms with Gasteiger partial charge in [-0.2, -0.15) is 28.4 Å². The number of rotatable bonds is 8. The zero-order valence-corrected chi connectivity index (χ0v) is 18.4. The molecular formula is C21H24F3N7O3. The standard InChI is InChI=1S/C21H24F3N7O3/c1-2-34-19-15(11-25)18(28-20(27)29-19)31(14-5-3-4-13(10-14)21(22,23)24)16(17(26)32)12-30-6-8-33-9-7-30/h3-5,10,16H,2,6-9,12H2,1H3,(H2,26,32)(H2,27,28,29)/t16-/m0/s1. The van der Waals surface area contributed by atoms with E-state index in [2.05, 4.69) is 9.97 Å². The van der Waals surface area contributed by atoms with Crippen molar-refractivity contribution in [1.29, 1.82) is 5.26 Å². The molecule has 2 aromatic rings. The van der Waals surface area contributed by atoms with Gasteiger partial charge in [0.25, 0.3) is 0 Å². The fraction of sp³-hybridized carbons (Fsp3) is 0.429. The van der Waals surface area contributed by atoms with Crippen molar-refractivity contribution in [3.05, 3.63) is 35.4 Å². The molecule has 0 saturated carbocycles. The number of nitrogen functional groups attached to an aromatic ring is 1. The number of nitriles is 1. The van der Waals surface area contributed by atoms with Crippen molar-refractivity contribution in [3.63, 3.8) is 0 Å². The van der Waals surface area contributed by atoms with Gasteiger partial charge in [0, 0.05) is 25.3 Å². The fourth-order valence-corrected chi connectivity index (χ4v) is 3.57. The van der Waals surface area contributed by atoms with Crippen LogP contribution in [0.1, 0.15) is 18.1 Å². The summed E-state index contributed by atoms with van der Waals surface area (Å²) in [5.41, 5.74) is 10.4. The van der Waals surface area contributed by atoms with Crippen LogP contribution in [0.2, 0.25) is 0 Å². The van der Waals surface area contributed by atoms with Crippen molar-refractivity contribution >= 4 is 23.4 Å². The molecular weight excluding hydrogens is 455 g/mol. The first kappa shape index (κ1) is 25.0. The van der Waals surface area contributed by atoms with Crippen LogP contribution in [-0.2, 0) is 15.7 Å². The summed E-state index contributed by atoms with van der Waals surface area (Å²) in [6.07, 6.45) is -4.65. The topological polar surface area (TPSA) is 144 Å². The summed E-state index contributed by atoms with van der Waals surface area (Å²) in [7, 11) is 0. The molecule has 3 rings (SSSR count). The van der Waals surface area contributed by atoms with Crippen LogP contribution in [0.5, 0.6) is 5.88 Å². The van der Waals surface area contributed by atoms with Crippen LogP contribution in [0.25, 0.3) is 0 Å².